The number of hydrogen-bond donors (Lipinski definition) is 0. The molecule has 1 aromatic rings. The zero-order chi connectivity index (χ0) is 15.5. The Labute approximate surface area is 139 Å². The van der Waals surface area contributed by atoms with Crippen molar-refractivity contribution in [3.8, 4) is 5.75 Å². The molecule has 0 amide bonds. The molecule has 0 saturated heterocycles. The minimum Gasteiger partial charge on any atom is -0.494 e. The van der Waals surface area contributed by atoms with E-state index < -0.39 is 0 Å². The number of rotatable bonds is 11. The van der Waals surface area contributed by atoms with E-state index in [1.165, 1.54) is 67.0 Å². The third-order valence-corrected chi connectivity index (χ3v) is 5.09. The molecule has 0 N–H and O–H groups in total. The van der Waals surface area contributed by atoms with Crippen LogP contribution in [0.15, 0.2) is 16.6 Å². The molecule has 0 aliphatic heterocycles. The first kappa shape index (κ1) is 18.5. The molecular weight excluding hydrogens is 324 g/mol. The van der Waals surface area contributed by atoms with Crippen LogP contribution in [-0.4, -0.2) is 6.61 Å². The molecule has 0 bridgehead atoms. The van der Waals surface area contributed by atoms with Crippen LogP contribution < -0.4 is 4.74 Å². The van der Waals surface area contributed by atoms with E-state index in [2.05, 4.69) is 48.8 Å². The lowest BCUT2D eigenvalue weighted by Crippen LogP contribution is -1.99. The largest absolute Gasteiger partial charge is 0.494 e. The van der Waals surface area contributed by atoms with Crippen LogP contribution in [0, 0.1) is 6.92 Å². The van der Waals surface area contributed by atoms with Gasteiger partial charge in [0.1, 0.15) is 5.75 Å². The predicted molar refractivity (Wildman–Crippen MR) is 96.4 cm³/mol. The fraction of sp³-hybridized carbons (Fsp3) is 0.684. The van der Waals surface area contributed by atoms with Crippen molar-refractivity contribution in [2.24, 2.45) is 0 Å². The second-order valence-corrected chi connectivity index (χ2v) is 6.68. The Morgan fingerprint density at radius 2 is 1.52 bits per heavy atom. The van der Waals surface area contributed by atoms with Gasteiger partial charge >= 0.3 is 0 Å². The topological polar surface area (TPSA) is 9.23 Å². The Morgan fingerprint density at radius 1 is 0.905 bits per heavy atom. The fourth-order valence-electron chi connectivity index (χ4n) is 2.57. The van der Waals surface area contributed by atoms with Gasteiger partial charge in [0.15, 0.2) is 0 Å². The third kappa shape index (κ3) is 7.35. The van der Waals surface area contributed by atoms with Gasteiger partial charge in [-0.15, -0.1) is 0 Å². The lowest BCUT2D eigenvalue weighted by atomic mass is 10.1. The lowest BCUT2D eigenvalue weighted by Gasteiger charge is -2.11. The van der Waals surface area contributed by atoms with Crippen molar-refractivity contribution in [1.29, 1.82) is 0 Å². The van der Waals surface area contributed by atoms with Gasteiger partial charge in [0, 0.05) is 4.47 Å². The maximum Gasteiger partial charge on any atom is 0.119 e. The first-order valence-corrected chi connectivity index (χ1v) is 9.40. The van der Waals surface area contributed by atoms with Gasteiger partial charge in [-0.1, -0.05) is 74.7 Å². The zero-order valence-electron chi connectivity index (χ0n) is 14.0. The molecule has 21 heavy (non-hydrogen) atoms. The first-order valence-electron chi connectivity index (χ1n) is 8.60. The van der Waals surface area contributed by atoms with Crippen molar-refractivity contribution in [2.75, 3.05) is 6.61 Å². The van der Waals surface area contributed by atoms with Gasteiger partial charge < -0.3 is 4.74 Å². The van der Waals surface area contributed by atoms with Crippen molar-refractivity contribution in [1.82, 2.24) is 0 Å². The van der Waals surface area contributed by atoms with Crippen LogP contribution in [0.5, 0.6) is 5.75 Å². The van der Waals surface area contributed by atoms with E-state index in [4.69, 9.17) is 4.74 Å². The smallest absolute Gasteiger partial charge is 0.119 e. The second kappa shape index (κ2) is 11.1. The molecule has 0 saturated carbocycles. The summed E-state index contributed by atoms with van der Waals surface area (Å²) in [6, 6.07) is 4.30. The summed E-state index contributed by atoms with van der Waals surface area (Å²) >= 11 is 3.65. The van der Waals surface area contributed by atoms with E-state index in [9.17, 15) is 0 Å². The molecule has 2 heteroatoms. The Kier molecular flexibility index (Phi) is 9.82. The molecule has 120 valence electrons. The van der Waals surface area contributed by atoms with Crippen molar-refractivity contribution < 1.29 is 4.74 Å². The van der Waals surface area contributed by atoms with Crippen molar-refractivity contribution in [2.45, 2.75) is 78.6 Å². The summed E-state index contributed by atoms with van der Waals surface area (Å²) in [5, 5.41) is 0. The molecular formula is C19H31BrO. The van der Waals surface area contributed by atoms with Crippen LogP contribution in [0.2, 0.25) is 0 Å². The second-order valence-electron chi connectivity index (χ2n) is 5.89. The number of ether oxygens (including phenoxy) is 1. The lowest BCUT2D eigenvalue weighted by molar-refractivity contribution is 0.304. The summed E-state index contributed by atoms with van der Waals surface area (Å²) in [5.74, 6) is 1.02. The predicted octanol–water partition coefficient (Wildman–Crippen LogP) is 6.84. The average molecular weight is 355 g/mol. The van der Waals surface area contributed by atoms with Crippen LogP contribution in [0.25, 0.3) is 0 Å². The van der Waals surface area contributed by atoms with Crippen LogP contribution >= 0.6 is 15.9 Å². The summed E-state index contributed by atoms with van der Waals surface area (Å²) in [6.45, 7) is 7.43. The fourth-order valence-corrected chi connectivity index (χ4v) is 3.08. The minimum absolute atomic E-state index is 0.846. The SMILES string of the molecule is CCCCCCCCCCOc1cc(C)c(Br)c(CC)c1. The van der Waals surface area contributed by atoms with Gasteiger partial charge in [-0.3, -0.25) is 0 Å². The van der Waals surface area contributed by atoms with E-state index in [0.29, 0.717) is 0 Å². The zero-order valence-corrected chi connectivity index (χ0v) is 15.6. The molecule has 0 fully saturated rings. The number of unbranched alkanes of at least 4 members (excludes halogenated alkanes) is 7. The van der Waals surface area contributed by atoms with E-state index in [1.54, 1.807) is 0 Å². The summed E-state index contributed by atoms with van der Waals surface area (Å²) in [6.07, 6.45) is 11.8. The highest BCUT2D eigenvalue weighted by molar-refractivity contribution is 9.10. The Balaban J connectivity index is 2.17. The quantitative estimate of drug-likeness (QED) is 0.395. The molecule has 1 nitrogen and oxygen atoms in total. The number of halogens is 1. The van der Waals surface area contributed by atoms with E-state index in [0.717, 1.165) is 18.8 Å². The molecule has 0 aromatic heterocycles. The molecule has 0 radical (unpaired) electrons. The Hall–Kier alpha value is -0.500. The number of benzene rings is 1. The van der Waals surface area contributed by atoms with Crippen LogP contribution in [0.3, 0.4) is 0 Å². The van der Waals surface area contributed by atoms with Gasteiger partial charge in [-0.2, -0.15) is 0 Å². The van der Waals surface area contributed by atoms with Gasteiger partial charge in [0.25, 0.3) is 0 Å². The van der Waals surface area contributed by atoms with Crippen molar-refractivity contribution in [3.05, 3.63) is 27.7 Å². The molecule has 0 spiro atoms. The highest BCUT2D eigenvalue weighted by atomic mass is 79.9. The van der Waals surface area contributed by atoms with Crippen molar-refractivity contribution in [3.63, 3.8) is 0 Å². The Bertz CT molecular complexity index is 401. The van der Waals surface area contributed by atoms with Crippen LogP contribution in [0.1, 0.15) is 76.3 Å². The average Bonchev–Trinajstić information content (AvgIpc) is 2.48. The first-order chi connectivity index (χ1) is 10.2. The molecule has 1 aromatic carbocycles. The standard InChI is InChI=1S/C19H31BrO/c1-4-6-7-8-9-10-11-12-13-21-18-14-16(3)19(20)17(5-2)15-18/h14-15H,4-13H2,1-3H3. The summed E-state index contributed by atoms with van der Waals surface area (Å²) < 4.78 is 7.13. The van der Waals surface area contributed by atoms with E-state index >= 15 is 0 Å². The number of aryl methyl sites for hydroxylation is 2. The monoisotopic (exact) mass is 354 g/mol. The van der Waals surface area contributed by atoms with Crippen LogP contribution in [0.4, 0.5) is 0 Å². The minimum atomic E-state index is 0.846. The van der Waals surface area contributed by atoms with Crippen LogP contribution in [-0.2, 0) is 6.42 Å². The number of hydrogen-bond acceptors (Lipinski definition) is 1. The molecule has 0 unspecified atom stereocenters. The van der Waals surface area contributed by atoms with Gasteiger partial charge in [-0.05, 0) is 43.0 Å². The van der Waals surface area contributed by atoms with Gasteiger partial charge in [0.2, 0.25) is 0 Å². The van der Waals surface area contributed by atoms with Gasteiger partial charge in [-0.25, -0.2) is 0 Å². The molecule has 1 rings (SSSR count). The van der Waals surface area contributed by atoms with E-state index in [1.807, 2.05) is 0 Å². The molecule has 0 atom stereocenters. The normalized spacial score (nSPS) is 10.9. The molecule has 0 aliphatic rings. The van der Waals surface area contributed by atoms with Gasteiger partial charge in [0.05, 0.1) is 6.61 Å². The van der Waals surface area contributed by atoms with E-state index in [-0.39, 0.29) is 0 Å². The maximum atomic E-state index is 5.91. The summed E-state index contributed by atoms with van der Waals surface area (Å²) in [4.78, 5) is 0. The molecule has 0 aliphatic carbocycles. The third-order valence-electron chi connectivity index (χ3n) is 3.95. The summed E-state index contributed by atoms with van der Waals surface area (Å²) in [7, 11) is 0. The highest BCUT2D eigenvalue weighted by Crippen LogP contribution is 2.27. The summed E-state index contributed by atoms with van der Waals surface area (Å²) in [5.41, 5.74) is 2.60. The highest BCUT2D eigenvalue weighted by Gasteiger charge is 2.05. The maximum absolute atomic E-state index is 5.91. The van der Waals surface area contributed by atoms with Crippen molar-refractivity contribution >= 4 is 15.9 Å². The Morgan fingerprint density at radius 3 is 2.14 bits per heavy atom. The molecule has 0 heterocycles.